The Morgan fingerprint density at radius 1 is 1.30 bits per heavy atom. The number of hydrogen-bond acceptors (Lipinski definition) is 4. The number of aromatic nitrogens is 1. The number of likely N-dealkylation sites (tertiary alicyclic amines) is 1. The van der Waals surface area contributed by atoms with Gasteiger partial charge in [0.15, 0.2) is 0 Å². The molecule has 0 aliphatic carbocycles. The Hall–Kier alpha value is -2.93. The minimum Gasteiger partial charge on any atom is -0.459 e. The molecule has 0 radical (unpaired) electrons. The molecule has 7 heteroatoms. The van der Waals surface area contributed by atoms with E-state index in [-0.39, 0.29) is 23.9 Å². The van der Waals surface area contributed by atoms with Crippen LogP contribution in [0.5, 0.6) is 0 Å². The summed E-state index contributed by atoms with van der Waals surface area (Å²) in [4.78, 5) is 19.2. The van der Waals surface area contributed by atoms with Crippen molar-refractivity contribution >= 4 is 17.0 Å². The highest BCUT2D eigenvalue weighted by atomic mass is 19.1. The fourth-order valence-electron chi connectivity index (χ4n) is 4.07. The molecule has 2 N–H and O–H groups in total. The van der Waals surface area contributed by atoms with Crippen LogP contribution in [0.15, 0.2) is 47.0 Å². The van der Waals surface area contributed by atoms with Crippen LogP contribution in [-0.2, 0) is 6.54 Å². The van der Waals surface area contributed by atoms with E-state index < -0.39 is 0 Å². The quantitative estimate of drug-likeness (QED) is 0.658. The number of rotatable bonds is 5. The Balaban J connectivity index is 1.28. The van der Waals surface area contributed by atoms with E-state index in [4.69, 9.17) is 4.42 Å². The summed E-state index contributed by atoms with van der Waals surface area (Å²) >= 11 is 0. The van der Waals surface area contributed by atoms with Gasteiger partial charge < -0.3 is 15.1 Å². The average Bonchev–Trinajstić information content (AvgIpc) is 3.06. The highest BCUT2D eigenvalue weighted by molar-refractivity contribution is 5.82. The average molecular weight is 410 g/mol. The van der Waals surface area contributed by atoms with Gasteiger partial charge in [-0.2, -0.15) is 0 Å². The van der Waals surface area contributed by atoms with Gasteiger partial charge in [0.05, 0.1) is 11.7 Å². The number of carbonyl (C=O) groups excluding carboxylic acids is 1. The van der Waals surface area contributed by atoms with Gasteiger partial charge in [-0.1, -0.05) is 6.07 Å². The number of halogens is 1. The first-order valence-electron chi connectivity index (χ1n) is 10.4. The maximum atomic E-state index is 13.5. The number of pyridine rings is 1. The second-order valence-corrected chi connectivity index (χ2v) is 7.94. The Morgan fingerprint density at radius 2 is 2.10 bits per heavy atom. The minimum atomic E-state index is -0.315. The molecule has 6 nitrogen and oxygen atoms in total. The fraction of sp³-hybridized carbons (Fsp3) is 0.391. The van der Waals surface area contributed by atoms with Crippen molar-refractivity contribution in [3.05, 3.63) is 65.4 Å². The van der Waals surface area contributed by atoms with Crippen LogP contribution in [0.25, 0.3) is 11.0 Å². The number of nitrogens with zero attached hydrogens (tertiary/aromatic N) is 2. The van der Waals surface area contributed by atoms with Gasteiger partial charge in [0.2, 0.25) is 0 Å². The van der Waals surface area contributed by atoms with Crippen LogP contribution in [0, 0.1) is 12.7 Å². The number of carbonyl (C=O) groups is 1. The predicted octanol–water partition coefficient (Wildman–Crippen LogP) is 4.30. The van der Waals surface area contributed by atoms with Crippen molar-refractivity contribution in [2.75, 3.05) is 13.1 Å². The number of amides is 2. The monoisotopic (exact) mass is 410 g/mol. The van der Waals surface area contributed by atoms with Crippen molar-refractivity contribution in [1.29, 1.82) is 0 Å². The molecule has 1 fully saturated rings. The largest absolute Gasteiger partial charge is 0.459 e. The first-order chi connectivity index (χ1) is 14.5. The molecule has 1 saturated heterocycles. The standard InChI is InChI=1S/C23H27FN4O2/c1-15-20-13-17(24)6-7-21(20)30-22(15)16(2)26-23(29)27-18-8-11-28(12-9-18)14-19-5-3-4-10-25-19/h3-7,10,13,16,18H,8-9,11-12,14H2,1-2H3,(H2,26,27,29). The molecule has 1 aliphatic heterocycles. The van der Waals surface area contributed by atoms with Crippen LogP contribution in [0.1, 0.15) is 42.8 Å². The summed E-state index contributed by atoms with van der Waals surface area (Å²) in [5, 5.41) is 6.76. The van der Waals surface area contributed by atoms with Crippen molar-refractivity contribution in [3.63, 3.8) is 0 Å². The Bertz CT molecular complexity index is 1010. The zero-order valence-electron chi connectivity index (χ0n) is 17.3. The number of urea groups is 1. The lowest BCUT2D eigenvalue weighted by Crippen LogP contribution is -2.48. The molecule has 0 bridgehead atoms. The van der Waals surface area contributed by atoms with Crippen molar-refractivity contribution in [1.82, 2.24) is 20.5 Å². The second-order valence-electron chi connectivity index (χ2n) is 7.94. The number of hydrogen-bond donors (Lipinski definition) is 2. The third kappa shape index (κ3) is 4.62. The van der Waals surface area contributed by atoms with Crippen LogP contribution >= 0.6 is 0 Å². The number of furan rings is 1. The number of aryl methyl sites for hydroxylation is 1. The fourth-order valence-corrected chi connectivity index (χ4v) is 4.07. The van der Waals surface area contributed by atoms with Crippen molar-refractivity contribution in [2.24, 2.45) is 0 Å². The maximum Gasteiger partial charge on any atom is 0.315 e. The van der Waals surface area contributed by atoms with E-state index in [1.54, 1.807) is 6.07 Å². The van der Waals surface area contributed by atoms with Crippen LogP contribution in [0.2, 0.25) is 0 Å². The molecular formula is C23H27FN4O2. The zero-order valence-corrected chi connectivity index (χ0v) is 17.3. The molecular weight excluding hydrogens is 383 g/mol. The number of benzene rings is 1. The van der Waals surface area contributed by atoms with Crippen molar-refractivity contribution < 1.29 is 13.6 Å². The van der Waals surface area contributed by atoms with E-state index in [0.717, 1.165) is 49.1 Å². The summed E-state index contributed by atoms with van der Waals surface area (Å²) < 4.78 is 19.4. The lowest BCUT2D eigenvalue weighted by Gasteiger charge is -2.32. The molecule has 158 valence electrons. The van der Waals surface area contributed by atoms with E-state index in [1.165, 1.54) is 12.1 Å². The van der Waals surface area contributed by atoms with E-state index in [0.29, 0.717) is 11.3 Å². The molecule has 1 aromatic carbocycles. The highest BCUT2D eigenvalue weighted by Crippen LogP contribution is 2.29. The summed E-state index contributed by atoms with van der Waals surface area (Å²) in [6.45, 7) is 6.43. The van der Waals surface area contributed by atoms with Gasteiger partial charge >= 0.3 is 6.03 Å². The Labute approximate surface area is 175 Å². The summed E-state index contributed by atoms with van der Waals surface area (Å²) in [7, 11) is 0. The molecule has 30 heavy (non-hydrogen) atoms. The van der Waals surface area contributed by atoms with Gasteiger partial charge in [0.25, 0.3) is 0 Å². The van der Waals surface area contributed by atoms with Gasteiger partial charge in [-0.3, -0.25) is 9.88 Å². The molecule has 0 saturated carbocycles. The lowest BCUT2D eigenvalue weighted by molar-refractivity contribution is 0.184. The van der Waals surface area contributed by atoms with Crippen LogP contribution in [-0.4, -0.2) is 35.0 Å². The van der Waals surface area contributed by atoms with E-state index in [9.17, 15) is 9.18 Å². The first-order valence-corrected chi connectivity index (χ1v) is 10.4. The van der Waals surface area contributed by atoms with Gasteiger partial charge in [-0.25, -0.2) is 9.18 Å². The van der Waals surface area contributed by atoms with Gasteiger partial charge in [0.1, 0.15) is 17.2 Å². The summed E-state index contributed by atoms with van der Waals surface area (Å²) in [6.07, 6.45) is 3.62. The van der Waals surface area contributed by atoms with E-state index in [1.807, 2.05) is 38.2 Å². The number of piperidine rings is 1. The lowest BCUT2D eigenvalue weighted by atomic mass is 10.0. The van der Waals surface area contributed by atoms with Gasteiger partial charge in [-0.15, -0.1) is 0 Å². The molecule has 1 atom stereocenters. The second kappa shape index (κ2) is 8.83. The molecule has 2 amide bonds. The summed E-state index contributed by atoms with van der Waals surface area (Å²) in [5.41, 5.74) is 2.54. The predicted molar refractivity (Wildman–Crippen MR) is 114 cm³/mol. The molecule has 3 heterocycles. The SMILES string of the molecule is Cc1c(C(C)NC(=O)NC2CCN(Cc3ccccn3)CC2)oc2ccc(F)cc12. The zero-order chi connectivity index (χ0) is 21.1. The normalized spacial score (nSPS) is 16.5. The maximum absolute atomic E-state index is 13.5. The molecule has 3 aromatic rings. The highest BCUT2D eigenvalue weighted by Gasteiger charge is 2.23. The van der Waals surface area contributed by atoms with Crippen molar-refractivity contribution in [2.45, 2.75) is 45.3 Å². The molecule has 4 rings (SSSR count). The van der Waals surface area contributed by atoms with Gasteiger partial charge in [-0.05, 0) is 57.0 Å². The number of fused-ring (bicyclic) bond motifs is 1. The van der Waals surface area contributed by atoms with Crippen LogP contribution < -0.4 is 10.6 Å². The third-order valence-electron chi connectivity index (χ3n) is 5.71. The first kappa shape index (κ1) is 20.3. The van der Waals surface area contributed by atoms with Crippen LogP contribution in [0.4, 0.5) is 9.18 Å². The number of nitrogens with one attached hydrogen (secondary N) is 2. The summed E-state index contributed by atoms with van der Waals surface area (Å²) in [6, 6.07) is 10.0. The third-order valence-corrected chi connectivity index (χ3v) is 5.71. The molecule has 2 aromatic heterocycles. The molecule has 1 aliphatic rings. The van der Waals surface area contributed by atoms with Gasteiger partial charge in [0, 0.05) is 42.8 Å². The Morgan fingerprint density at radius 3 is 2.83 bits per heavy atom. The van der Waals surface area contributed by atoms with E-state index in [2.05, 4.69) is 20.5 Å². The topological polar surface area (TPSA) is 70.4 Å². The smallest absolute Gasteiger partial charge is 0.315 e. The Kier molecular flexibility index (Phi) is 5.99. The molecule has 0 spiro atoms. The minimum absolute atomic E-state index is 0.142. The van der Waals surface area contributed by atoms with Crippen molar-refractivity contribution in [3.8, 4) is 0 Å². The van der Waals surface area contributed by atoms with E-state index >= 15 is 0 Å². The molecule has 1 unspecified atom stereocenters. The van der Waals surface area contributed by atoms with Crippen LogP contribution in [0.3, 0.4) is 0 Å². The summed E-state index contributed by atoms with van der Waals surface area (Å²) in [5.74, 6) is 0.349.